The molecular weight excluding hydrogens is 256 g/mol. The van der Waals surface area contributed by atoms with E-state index in [0.717, 1.165) is 32.4 Å². The van der Waals surface area contributed by atoms with Crippen molar-refractivity contribution in [3.05, 3.63) is 0 Å². The maximum atomic E-state index is 12.0. The number of carbonyl (C=O) groups excluding carboxylic acids is 2. The number of nitrogens with zero attached hydrogens (tertiary/aromatic N) is 3. The van der Waals surface area contributed by atoms with Crippen molar-refractivity contribution >= 4 is 11.8 Å². The molecule has 0 aromatic rings. The highest BCUT2D eigenvalue weighted by Gasteiger charge is 2.34. The van der Waals surface area contributed by atoms with Crippen molar-refractivity contribution in [3.8, 4) is 6.07 Å². The zero-order chi connectivity index (χ0) is 14.8. The van der Waals surface area contributed by atoms with E-state index < -0.39 is 0 Å². The quantitative estimate of drug-likeness (QED) is 0.794. The van der Waals surface area contributed by atoms with Crippen LogP contribution in [0, 0.1) is 11.3 Å². The molecule has 2 aliphatic heterocycles. The Morgan fingerprint density at radius 1 is 1.35 bits per heavy atom. The molecule has 0 spiro atoms. The minimum atomic E-state index is -0.239. The van der Waals surface area contributed by atoms with E-state index in [1.54, 1.807) is 11.8 Å². The summed E-state index contributed by atoms with van der Waals surface area (Å²) >= 11 is 0. The lowest BCUT2D eigenvalue weighted by atomic mass is 9.89. The molecule has 2 saturated heterocycles. The molecule has 2 rings (SSSR count). The fourth-order valence-corrected chi connectivity index (χ4v) is 2.70. The maximum Gasteiger partial charge on any atom is 0.237 e. The molecule has 6 nitrogen and oxygen atoms in total. The molecular formula is C14H22N4O2. The van der Waals surface area contributed by atoms with Crippen LogP contribution in [0.1, 0.15) is 33.1 Å². The first-order valence-corrected chi connectivity index (χ1v) is 7.15. The molecule has 0 bridgehead atoms. The van der Waals surface area contributed by atoms with Crippen LogP contribution >= 0.6 is 0 Å². The van der Waals surface area contributed by atoms with Gasteiger partial charge in [0, 0.05) is 32.1 Å². The SMILES string of the molecule is CC(=O)N1CCC(C)(NCC(=O)N2CC[C@H]2C#N)CC1. The molecule has 1 N–H and O–H groups in total. The monoisotopic (exact) mass is 278 g/mol. The number of hydrogen-bond acceptors (Lipinski definition) is 4. The largest absolute Gasteiger partial charge is 0.343 e. The lowest BCUT2D eigenvalue weighted by Gasteiger charge is -2.41. The van der Waals surface area contributed by atoms with E-state index >= 15 is 0 Å². The zero-order valence-electron chi connectivity index (χ0n) is 12.2. The molecule has 0 aromatic carbocycles. The van der Waals surface area contributed by atoms with Gasteiger partial charge in [0.2, 0.25) is 11.8 Å². The average molecular weight is 278 g/mol. The maximum absolute atomic E-state index is 12.0. The summed E-state index contributed by atoms with van der Waals surface area (Å²) in [5.41, 5.74) is -0.103. The van der Waals surface area contributed by atoms with Crippen molar-refractivity contribution in [2.75, 3.05) is 26.2 Å². The third kappa shape index (κ3) is 3.10. The summed E-state index contributed by atoms with van der Waals surface area (Å²) in [5, 5.41) is 12.2. The highest BCUT2D eigenvalue weighted by atomic mass is 16.2. The van der Waals surface area contributed by atoms with Gasteiger partial charge in [-0.3, -0.25) is 9.59 Å². The summed E-state index contributed by atoms with van der Waals surface area (Å²) in [6, 6.07) is 1.89. The van der Waals surface area contributed by atoms with Crippen molar-refractivity contribution in [3.63, 3.8) is 0 Å². The van der Waals surface area contributed by atoms with Crippen LogP contribution in [0.5, 0.6) is 0 Å². The van der Waals surface area contributed by atoms with Crippen molar-refractivity contribution in [2.45, 2.75) is 44.7 Å². The number of nitriles is 1. The standard InChI is InChI=1S/C14H22N4O2/c1-11(19)17-7-4-14(2,5-8-17)16-10-13(20)18-6-3-12(18)9-15/h12,16H,3-8,10H2,1-2H3/t12-/m0/s1. The van der Waals surface area contributed by atoms with E-state index in [2.05, 4.69) is 18.3 Å². The Hall–Kier alpha value is -1.61. The molecule has 20 heavy (non-hydrogen) atoms. The van der Waals surface area contributed by atoms with Crippen molar-refractivity contribution < 1.29 is 9.59 Å². The molecule has 2 amide bonds. The summed E-state index contributed by atoms with van der Waals surface area (Å²) in [7, 11) is 0. The number of nitrogens with one attached hydrogen (secondary N) is 1. The van der Waals surface area contributed by atoms with Crippen molar-refractivity contribution in [1.29, 1.82) is 5.26 Å². The molecule has 0 unspecified atom stereocenters. The molecule has 6 heteroatoms. The number of amides is 2. The first-order valence-electron chi connectivity index (χ1n) is 7.15. The molecule has 0 aliphatic carbocycles. The lowest BCUT2D eigenvalue weighted by molar-refractivity contribution is -0.137. The van der Waals surface area contributed by atoms with Gasteiger partial charge in [0.15, 0.2) is 0 Å². The number of piperidine rings is 1. The van der Waals surface area contributed by atoms with Crippen molar-refractivity contribution in [2.24, 2.45) is 0 Å². The highest BCUT2D eigenvalue weighted by Crippen LogP contribution is 2.22. The van der Waals surface area contributed by atoms with Gasteiger partial charge in [-0.25, -0.2) is 0 Å². The summed E-state index contributed by atoms with van der Waals surface area (Å²) in [6.07, 6.45) is 2.48. The van der Waals surface area contributed by atoms with E-state index in [9.17, 15) is 9.59 Å². The highest BCUT2D eigenvalue weighted by molar-refractivity contribution is 5.80. The molecule has 0 saturated carbocycles. The molecule has 2 fully saturated rings. The van der Waals surface area contributed by atoms with Gasteiger partial charge in [-0.1, -0.05) is 0 Å². The molecule has 2 aliphatic rings. The average Bonchev–Trinajstić information content (AvgIpc) is 2.36. The molecule has 0 radical (unpaired) electrons. The Bertz CT molecular complexity index is 435. The minimum absolute atomic E-state index is 0.00183. The van der Waals surface area contributed by atoms with Crippen LogP contribution in [-0.4, -0.2) is 59.4 Å². The fraction of sp³-hybridized carbons (Fsp3) is 0.786. The number of hydrogen-bond donors (Lipinski definition) is 1. The van der Waals surface area contributed by atoms with Gasteiger partial charge in [-0.2, -0.15) is 5.26 Å². The second-order valence-electron chi connectivity index (χ2n) is 5.94. The van der Waals surface area contributed by atoms with E-state index in [-0.39, 0.29) is 29.9 Å². The topological polar surface area (TPSA) is 76.4 Å². The molecule has 1 atom stereocenters. The summed E-state index contributed by atoms with van der Waals surface area (Å²) < 4.78 is 0. The van der Waals surface area contributed by atoms with Crippen LogP contribution in [0.15, 0.2) is 0 Å². The van der Waals surface area contributed by atoms with Gasteiger partial charge >= 0.3 is 0 Å². The Balaban J connectivity index is 1.78. The molecule has 2 heterocycles. The number of carbonyl (C=O) groups is 2. The molecule has 110 valence electrons. The first kappa shape index (κ1) is 14.8. The van der Waals surface area contributed by atoms with Gasteiger partial charge in [0.25, 0.3) is 0 Å². The van der Waals surface area contributed by atoms with Crippen LogP contribution in [0.25, 0.3) is 0 Å². The van der Waals surface area contributed by atoms with E-state index in [1.165, 1.54) is 0 Å². The number of rotatable bonds is 3. The Morgan fingerprint density at radius 3 is 2.45 bits per heavy atom. The predicted octanol–water partition coefficient (Wildman–Crippen LogP) is 0.101. The van der Waals surface area contributed by atoms with Crippen LogP contribution in [0.2, 0.25) is 0 Å². The van der Waals surface area contributed by atoms with Gasteiger partial charge < -0.3 is 15.1 Å². The van der Waals surface area contributed by atoms with E-state index in [4.69, 9.17) is 5.26 Å². The normalized spacial score (nSPS) is 24.8. The fourth-order valence-electron chi connectivity index (χ4n) is 2.70. The van der Waals surface area contributed by atoms with E-state index in [0.29, 0.717) is 6.54 Å². The third-order valence-electron chi connectivity index (χ3n) is 4.47. The van der Waals surface area contributed by atoms with Crippen LogP contribution in [-0.2, 0) is 9.59 Å². The first-order chi connectivity index (χ1) is 9.45. The Kier molecular flexibility index (Phi) is 4.29. The predicted molar refractivity (Wildman–Crippen MR) is 73.6 cm³/mol. The van der Waals surface area contributed by atoms with Crippen LogP contribution < -0.4 is 5.32 Å². The third-order valence-corrected chi connectivity index (χ3v) is 4.47. The second kappa shape index (κ2) is 5.80. The van der Waals surface area contributed by atoms with Crippen LogP contribution in [0.3, 0.4) is 0 Å². The smallest absolute Gasteiger partial charge is 0.237 e. The van der Waals surface area contributed by atoms with E-state index in [1.807, 2.05) is 4.90 Å². The second-order valence-corrected chi connectivity index (χ2v) is 5.94. The Morgan fingerprint density at radius 2 is 2.00 bits per heavy atom. The van der Waals surface area contributed by atoms with Gasteiger partial charge in [0.05, 0.1) is 12.6 Å². The van der Waals surface area contributed by atoms with Gasteiger partial charge in [-0.05, 0) is 26.2 Å². The molecule has 0 aromatic heterocycles. The van der Waals surface area contributed by atoms with Gasteiger partial charge in [0.1, 0.15) is 6.04 Å². The summed E-state index contributed by atoms with van der Waals surface area (Å²) in [6.45, 7) is 6.11. The lowest BCUT2D eigenvalue weighted by Crippen LogP contribution is -2.57. The van der Waals surface area contributed by atoms with Crippen molar-refractivity contribution in [1.82, 2.24) is 15.1 Å². The van der Waals surface area contributed by atoms with Crippen LogP contribution in [0.4, 0.5) is 0 Å². The summed E-state index contributed by atoms with van der Waals surface area (Å²) in [4.78, 5) is 26.8. The summed E-state index contributed by atoms with van der Waals surface area (Å²) in [5.74, 6) is 0.110. The minimum Gasteiger partial charge on any atom is -0.343 e. The zero-order valence-corrected chi connectivity index (χ0v) is 12.2. The number of likely N-dealkylation sites (tertiary alicyclic amines) is 2. The Labute approximate surface area is 119 Å². The van der Waals surface area contributed by atoms with Gasteiger partial charge in [-0.15, -0.1) is 0 Å².